The van der Waals surface area contributed by atoms with Crippen molar-refractivity contribution in [1.29, 1.82) is 0 Å². The number of fused-ring (bicyclic) bond motifs is 3. The summed E-state index contributed by atoms with van der Waals surface area (Å²) in [5.41, 5.74) is 6.65. The molecule has 30 heavy (non-hydrogen) atoms. The maximum Gasteiger partial charge on any atom is 0.265 e. The molecule has 0 fully saturated rings. The monoisotopic (exact) mass is 392 g/mol. The molecule has 1 aromatic heterocycles. The van der Waals surface area contributed by atoms with Crippen molar-refractivity contribution in [2.45, 2.75) is 25.8 Å². The van der Waals surface area contributed by atoms with Gasteiger partial charge in [0.25, 0.3) is 5.56 Å². The predicted molar refractivity (Wildman–Crippen MR) is 123 cm³/mol. The molecule has 4 aromatic rings. The average Bonchev–Trinajstić information content (AvgIpc) is 3.01. The summed E-state index contributed by atoms with van der Waals surface area (Å²) in [7, 11) is 0. The molecule has 0 aliphatic carbocycles. The van der Waals surface area contributed by atoms with E-state index in [-0.39, 0.29) is 11.0 Å². The first kappa shape index (κ1) is 18.4. The molecule has 0 radical (unpaired) electrons. The molecule has 5 rings (SSSR count). The van der Waals surface area contributed by atoms with Gasteiger partial charge in [0.05, 0.1) is 11.3 Å². The molecule has 3 heteroatoms. The zero-order chi connectivity index (χ0) is 20.7. The van der Waals surface area contributed by atoms with E-state index in [2.05, 4.69) is 43.4 Å². The van der Waals surface area contributed by atoms with E-state index in [1.54, 1.807) is 0 Å². The Kier molecular flexibility index (Phi) is 4.32. The minimum atomic E-state index is -0.242. The van der Waals surface area contributed by atoms with E-state index in [1.165, 1.54) is 11.1 Å². The number of hydrogen-bond acceptors (Lipinski definition) is 2. The van der Waals surface area contributed by atoms with Crippen LogP contribution in [0.3, 0.4) is 0 Å². The van der Waals surface area contributed by atoms with Gasteiger partial charge in [-0.05, 0) is 28.8 Å². The van der Waals surface area contributed by atoms with E-state index < -0.39 is 0 Å². The molecule has 2 heterocycles. The van der Waals surface area contributed by atoms with Crippen molar-refractivity contribution in [2.75, 3.05) is 5.32 Å². The fourth-order valence-electron chi connectivity index (χ4n) is 4.46. The molecule has 0 saturated carbocycles. The minimum Gasteiger partial charge on any atom is -0.380 e. The molecule has 0 amide bonds. The lowest BCUT2D eigenvalue weighted by molar-refractivity contribution is 0.636. The molecule has 0 saturated heterocycles. The van der Waals surface area contributed by atoms with Crippen LogP contribution in [-0.4, -0.2) is 4.57 Å². The van der Waals surface area contributed by atoms with E-state index in [0.29, 0.717) is 12.1 Å². The zero-order valence-corrected chi connectivity index (χ0v) is 17.2. The van der Waals surface area contributed by atoms with Crippen LogP contribution < -0.4 is 10.9 Å². The number of pyridine rings is 1. The van der Waals surface area contributed by atoms with Crippen molar-refractivity contribution in [3.8, 4) is 16.8 Å². The predicted octanol–water partition coefficient (Wildman–Crippen LogP) is 5.76. The highest BCUT2D eigenvalue weighted by molar-refractivity contribution is 5.79. The van der Waals surface area contributed by atoms with Crippen molar-refractivity contribution in [3.63, 3.8) is 0 Å². The third kappa shape index (κ3) is 2.86. The van der Waals surface area contributed by atoms with Crippen molar-refractivity contribution >= 4 is 5.69 Å². The van der Waals surface area contributed by atoms with E-state index in [1.807, 2.05) is 71.3 Å². The standard InChI is InChI=1S/C27H24N2O/c1-27(2)21-15-9-10-16-23(21)29-24(27)17-22(28-18-19-11-5-3-6-12-19)25(26(29)30)20-13-7-4-8-14-20/h3-17,28H,18H2,1-2H3. The number of para-hydroxylation sites is 1. The summed E-state index contributed by atoms with van der Waals surface area (Å²) in [4.78, 5) is 13.9. The quantitative estimate of drug-likeness (QED) is 0.479. The van der Waals surface area contributed by atoms with Gasteiger partial charge in [0.1, 0.15) is 0 Å². The number of nitrogens with one attached hydrogen (secondary N) is 1. The van der Waals surface area contributed by atoms with Crippen LogP contribution in [0.2, 0.25) is 0 Å². The minimum absolute atomic E-state index is 0.0206. The van der Waals surface area contributed by atoms with Gasteiger partial charge in [-0.15, -0.1) is 0 Å². The Morgan fingerprint density at radius 3 is 2.20 bits per heavy atom. The summed E-state index contributed by atoms with van der Waals surface area (Å²) in [6.45, 7) is 5.04. The lowest BCUT2D eigenvalue weighted by atomic mass is 9.83. The van der Waals surface area contributed by atoms with Crippen LogP contribution in [0.5, 0.6) is 0 Å². The smallest absolute Gasteiger partial charge is 0.265 e. The molecule has 3 nitrogen and oxygen atoms in total. The Labute approximate surface area is 176 Å². The zero-order valence-electron chi connectivity index (χ0n) is 17.2. The molecule has 0 spiro atoms. The van der Waals surface area contributed by atoms with Crippen LogP contribution >= 0.6 is 0 Å². The van der Waals surface area contributed by atoms with Gasteiger partial charge in [0.15, 0.2) is 0 Å². The molecule has 0 bridgehead atoms. The van der Waals surface area contributed by atoms with E-state index in [4.69, 9.17) is 0 Å². The van der Waals surface area contributed by atoms with Crippen molar-refractivity contribution in [3.05, 3.63) is 118 Å². The van der Waals surface area contributed by atoms with Gasteiger partial charge in [0.2, 0.25) is 0 Å². The highest BCUT2D eigenvalue weighted by Gasteiger charge is 2.37. The van der Waals surface area contributed by atoms with Gasteiger partial charge in [-0.3, -0.25) is 9.36 Å². The SMILES string of the molecule is CC1(C)c2ccccc2-n2c1cc(NCc1ccccc1)c(-c1ccccc1)c2=O. The Hall–Kier alpha value is -3.59. The number of anilines is 1. The first-order valence-corrected chi connectivity index (χ1v) is 10.3. The molecule has 148 valence electrons. The summed E-state index contributed by atoms with van der Waals surface area (Å²) in [5.74, 6) is 0. The van der Waals surface area contributed by atoms with Crippen LogP contribution in [0.1, 0.15) is 30.7 Å². The molecule has 1 N–H and O–H groups in total. The maximum absolute atomic E-state index is 13.9. The van der Waals surface area contributed by atoms with Gasteiger partial charge in [-0.2, -0.15) is 0 Å². The first-order valence-electron chi connectivity index (χ1n) is 10.3. The largest absolute Gasteiger partial charge is 0.380 e. The Morgan fingerprint density at radius 2 is 1.47 bits per heavy atom. The van der Waals surface area contributed by atoms with Crippen LogP contribution in [0.15, 0.2) is 95.8 Å². The van der Waals surface area contributed by atoms with Crippen LogP contribution in [0.4, 0.5) is 5.69 Å². The summed E-state index contributed by atoms with van der Waals surface area (Å²) >= 11 is 0. The van der Waals surface area contributed by atoms with Gasteiger partial charge < -0.3 is 5.32 Å². The average molecular weight is 393 g/mol. The third-order valence-electron chi connectivity index (χ3n) is 6.06. The van der Waals surface area contributed by atoms with Crippen molar-refractivity contribution in [2.24, 2.45) is 0 Å². The Bertz CT molecular complexity index is 1270. The number of hydrogen-bond donors (Lipinski definition) is 1. The van der Waals surface area contributed by atoms with Crippen LogP contribution in [0.25, 0.3) is 16.8 Å². The van der Waals surface area contributed by atoms with Crippen molar-refractivity contribution < 1.29 is 0 Å². The van der Waals surface area contributed by atoms with Gasteiger partial charge in [-0.25, -0.2) is 0 Å². The Morgan fingerprint density at radius 1 is 0.833 bits per heavy atom. The lowest BCUT2D eigenvalue weighted by Crippen LogP contribution is -2.25. The Balaban J connectivity index is 1.72. The number of benzene rings is 3. The molecular weight excluding hydrogens is 368 g/mol. The molecule has 0 unspecified atom stereocenters. The molecule has 1 aliphatic rings. The second-order valence-electron chi connectivity index (χ2n) is 8.31. The van der Waals surface area contributed by atoms with E-state index in [9.17, 15) is 4.79 Å². The summed E-state index contributed by atoms with van der Waals surface area (Å²) in [5, 5.41) is 3.55. The number of rotatable bonds is 4. The van der Waals surface area contributed by atoms with E-state index >= 15 is 0 Å². The first-order chi connectivity index (χ1) is 14.6. The van der Waals surface area contributed by atoms with Crippen LogP contribution in [0, 0.1) is 0 Å². The second-order valence-corrected chi connectivity index (χ2v) is 8.31. The summed E-state index contributed by atoms with van der Waals surface area (Å²) in [6.07, 6.45) is 0. The highest BCUT2D eigenvalue weighted by atomic mass is 16.1. The molecular formula is C27H24N2O. The van der Waals surface area contributed by atoms with Gasteiger partial charge >= 0.3 is 0 Å². The normalized spacial score (nSPS) is 13.5. The second kappa shape index (κ2) is 7.03. The number of aromatic nitrogens is 1. The van der Waals surface area contributed by atoms with Gasteiger partial charge in [-0.1, -0.05) is 92.7 Å². The van der Waals surface area contributed by atoms with Crippen LogP contribution in [-0.2, 0) is 12.0 Å². The highest BCUT2D eigenvalue weighted by Crippen LogP contribution is 2.43. The summed E-state index contributed by atoms with van der Waals surface area (Å²) in [6, 6.07) is 30.6. The third-order valence-corrected chi connectivity index (χ3v) is 6.06. The number of nitrogens with zero attached hydrogens (tertiary/aromatic N) is 1. The van der Waals surface area contributed by atoms with Crippen molar-refractivity contribution in [1.82, 2.24) is 4.57 Å². The molecule has 0 atom stereocenters. The molecule has 3 aromatic carbocycles. The maximum atomic E-state index is 13.9. The fraction of sp³-hybridized carbons (Fsp3) is 0.148. The van der Waals surface area contributed by atoms with Gasteiger partial charge in [0, 0.05) is 23.3 Å². The topological polar surface area (TPSA) is 34.0 Å². The fourth-order valence-corrected chi connectivity index (χ4v) is 4.46. The van der Waals surface area contributed by atoms with E-state index in [0.717, 1.165) is 22.6 Å². The summed E-state index contributed by atoms with van der Waals surface area (Å²) < 4.78 is 1.89. The molecule has 1 aliphatic heterocycles. The lowest BCUT2D eigenvalue weighted by Gasteiger charge is -2.22.